The smallest absolute Gasteiger partial charge is 0.221 e. The molecule has 0 saturated heterocycles. The van der Waals surface area contributed by atoms with E-state index < -0.39 is 0 Å². The van der Waals surface area contributed by atoms with Gasteiger partial charge in [-0.3, -0.25) is 9.48 Å². The van der Waals surface area contributed by atoms with E-state index in [1.165, 1.54) is 0 Å². The number of nitrogens with zero attached hydrogens (tertiary/aromatic N) is 2. The van der Waals surface area contributed by atoms with Crippen molar-refractivity contribution in [1.29, 1.82) is 0 Å². The molecule has 15 heavy (non-hydrogen) atoms. The SMILES string of the molecule is CNCCC(=O)NC(C)Cn1cccn1. The molecule has 0 spiro atoms. The lowest BCUT2D eigenvalue weighted by Crippen LogP contribution is -2.36. The Hall–Kier alpha value is -1.36. The second-order valence-corrected chi connectivity index (χ2v) is 3.55. The van der Waals surface area contributed by atoms with Crippen LogP contribution in [-0.4, -0.2) is 35.3 Å². The summed E-state index contributed by atoms with van der Waals surface area (Å²) in [6.07, 6.45) is 4.13. The second kappa shape index (κ2) is 6.19. The van der Waals surface area contributed by atoms with Crippen LogP contribution >= 0.6 is 0 Å². The summed E-state index contributed by atoms with van der Waals surface area (Å²) >= 11 is 0. The topological polar surface area (TPSA) is 59.0 Å². The Morgan fingerprint density at radius 3 is 3.00 bits per heavy atom. The van der Waals surface area contributed by atoms with E-state index in [1.54, 1.807) is 6.20 Å². The molecule has 0 aromatic carbocycles. The first kappa shape index (κ1) is 11.7. The van der Waals surface area contributed by atoms with Gasteiger partial charge in [0.15, 0.2) is 0 Å². The fourth-order valence-corrected chi connectivity index (χ4v) is 1.32. The summed E-state index contributed by atoms with van der Waals surface area (Å²) in [7, 11) is 1.83. The van der Waals surface area contributed by atoms with Crippen molar-refractivity contribution < 1.29 is 4.79 Å². The molecule has 0 radical (unpaired) electrons. The highest BCUT2D eigenvalue weighted by Gasteiger charge is 2.06. The molecule has 1 atom stereocenters. The Kier molecular flexibility index (Phi) is 4.83. The number of amides is 1. The average Bonchev–Trinajstić information content (AvgIpc) is 2.67. The van der Waals surface area contributed by atoms with Gasteiger partial charge in [0, 0.05) is 31.4 Å². The van der Waals surface area contributed by atoms with Gasteiger partial charge in [-0.25, -0.2) is 0 Å². The molecule has 2 N–H and O–H groups in total. The van der Waals surface area contributed by atoms with Gasteiger partial charge in [-0.2, -0.15) is 5.10 Å². The Morgan fingerprint density at radius 1 is 1.60 bits per heavy atom. The predicted molar refractivity (Wildman–Crippen MR) is 58.4 cm³/mol. The molecule has 1 aromatic heterocycles. The van der Waals surface area contributed by atoms with Crippen LogP contribution < -0.4 is 10.6 Å². The number of nitrogens with one attached hydrogen (secondary N) is 2. The zero-order valence-electron chi connectivity index (χ0n) is 9.23. The number of rotatable bonds is 6. The van der Waals surface area contributed by atoms with Crippen molar-refractivity contribution in [2.45, 2.75) is 25.9 Å². The third-order valence-corrected chi connectivity index (χ3v) is 2.03. The molecule has 1 amide bonds. The maximum absolute atomic E-state index is 11.4. The molecule has 1 unspecified atom stereocenters. The van der Waals surface area contributed by atoms with Crippen LogP contribution in [0.3, 0.4) is 0 Å². The van der Waals surface area contributed by atoms with E-state index >= 15 is 0 Å². The molecule has 0 aliphatic carbocycles. The Balaban J connectivity index is 2.23. The largest absolute Gasteiger partial charge is 0.352 e. The van der Waals surface area contributed by atoms with Crippen LogP contribution in [-0.2, 0) is 11.3 Å². The molecule has 5 heteroatoms. The fraction of sp³-hybridized carbons (Fsp3) is 0.600. The van der Waals surface area contributed by atoms with E-state index in [-0.39, 0.29) is 11.9 Å². The van der Waals surface area contributed by atoms with Gasteiger partial charge in [0.25, 0.3) is 0 Å². The number of carbonyl (C=O) groups excluding carboxylic acids is 1. The average molecular weight is 210 g/mol. The van der Waals surface area contributed by atoms with E-state index in [9.17, 15) is 4.79 Å². The highest BCUT2D eigenvalue weighted by atomic mass is 16.1. The Bertz CT molecular complexity index is 284. The molecule has 0 fully saturated rings. The maximum atomic E-state index is 11.4. The molecule has 1 heterocycles. The summed E-state index contributed by atoms with van der Waals surface area (Å²) in [4.78, 5) is 11.4. The zero-order valence-corrected chi connectivity index (χ0v) is 9.23. The van der Waals surface area contributed by atoms with E-state index in [0.29, 0.717) is 19.5 Å². The predicted octanol–water partition coefficient (Wildman–Crippen LogP) is -0.00270. The van der Waals surface area contributed by atoms with Crippen LogP contribution in [0.1, 0.15) is 13.3 Å². The van der Waals surface area contributed by atoms with E-state index in [0.717, 1.165) is 0 Å². The van der Waals surface area contributed by atoms with Crippen LogP contribution in [0, 0.1) is 0 Å². The molecule has 0 bridgehead atoms. The first-order chi connectivity index (χ1) is 7.22. The Morgan fingerprint density at radius 2 is 2.40 bits per heavy atom. The van der Waals surface area contributed by atoms with Gasteiger partial charge in [0.05, 0.1) is 6.54 Å². The van der Waals surface area contributed by atoms with Gasteiger partial charge < -0.3 is 10.6 Å². The van der Waals surface area contributed by atoms with Crippen LogP contribution in [0.15, 0.2) is 18.5 Å². The minimum Gasteiger partial charge on any atom is -0.352 e. The summed E-state index contributed by atoms with van der Waals surface area (Å²) in [5.41, 5.74) is 0. The molecule has 0 aliphatic rings. The van der Waals surface area contributed by atoms with Gasteiger partial charge in [0.2, 0.25) is 5.91 Å². The zero-order chi connectivity index (χ0) is 11.1. The summed E-state index contributed by atoms with van der Waals surface area (Å²) in [6, 6.07) is 1.98. The number of hydrogen-bond acceptors (Lipinski definition) is 3. The van der Waals surface area contributed by atoms with Gasteiger partial charge in [-0.05, 0) is 20.0 Å². The number of carbonyl (C=O) groups is 1. The monoisotopic (exact) mass is 210 g/mol. The quantitative estimate of drug-likeness (QED) is 0.694. The summed E-state index contributed by atoms with van der Waals surface area (Å²) in [5, 5.41) is 9.93. The third-order valence-electron chi connectivity index (χ3n) is 2.03. The van der Waals surface area contributed by atoms with Crippen LogP contribution in [0.5, 0.6) is 0 Å². The summed E-state index contributed by atoms with van der Waals surface area (Å²) in [6.45, 7) is 3.39. The van der Waals surface area contributed by atoms with Crippen molar-refractivity contribution in [3.63, 3.8) is 0 Å². The van der Waals surface area contributed by atoms with Crippen LogP contribution in [0.4, 0.5) is 0 Å². The van der Waals surface area contributed by atoms with Gasteiger partial charge in [0.1, 0.15) is 0 Å². The molecule has 0 aliphatic heterocycles. The third kappa shape index (κ3) is 4.60. The normalized spacial score (nSPS) is 12.4. The molecular formula is C10H18N4O. The van der Waals surface area contributed by atoms with Gasteiger partial charge >= 0.3 is 0 Å². The number of hydrogen-bond donors (Lipinski definition) is 2. The maximum Gasteiger partial charge on any atom is 0.221 e. The first-order valence-electron chi connectivity index (χ1n) is 5.13. The summed E-state index contributed by atoms with van der Waals surface area (Å²) < 4.78 is 1.81. The lowest BCUT2D eigenvalue weighted by Gasteiger charge is -2.13. The van der Waals surface area contributed by atoms with Crippen molar-refractivity contribution in [3.8, 4) is 0 Å². The summed E-state index contributed by atoms with van der Waals surface area (Å²) in [5.74, 6) is 0.0732. The van der Waals surface area contributed by atoms with Gasteiger partial charge in [-0.15, -0.1) is 0 Å². The second-order valence-electron chi connectivity index (χ2n) is 3.55. The van der Waals surface area contributed by atoms with Crippen molar-refractivity contribution in [2.24, 2.45) is 0 Å². The van der Waals surface area contributed by atoms with Crippen LogP contribution in [0.25, 0.3) is 0 Å². The van der Waals surface area contributed by atoms with E-state index in [1.807, 2.05) is 30.9 Å². The van der Waals surface area contributed by atoms with Gasteiger partial charge in [-0.1, -0.05) is 0 Å². The molecule has 0 saturated carbocycles. The molecular weight excluding hydrogens is 192 g/mol. The molecule has 5 nitrogen and oxygen atoms in total. The van der Waals surface area contributed by atoms with Crippen molar-refractivity contribution in [3.05, 3.63) is 18.5 Å². The van der Waals surface area contributed by atoms with Crippen molar-refractivity contribution in [1.82, 2.24) is 20.4 Å². The van der Waals surface area contributed by atoms with Crippen molar-refractivity contribution >= 4 is 5.91 Å². The Labute approximate surface area is 89.9 Å². The minimum absolute atomic E-state index is 0.0732. The lowest BCUT2D eigenvalue weighted by atomic mass is 10.3. The van der Waals surface area contributed by atoms with Crippen molar-refractivity contribution in [2.75, 3.05) is 13.6 Å². The molecule has 1 rings (SSSR count). The highest BCUT2D eigenvalue weighted by molar-refractivity contribution is 5.76. The highest BCUT2D eigenvalue weighted by Crippen LogP contribution is 1.91. The van der Waals surface area contributed by atoms with E-state index in [4.69, 9.17) is 0 Å². The molecule has 1 aromatic rings. The standard InChI is InChI=1S/C10H18N4O/c1-9(8-14-7-3-5-12-14)13-10(15)4-6-11-2/h3,5,7,9,11H,4,6,8H2,1-2H3,(H,13,15). The van der Waals surface area contributed by atoms with Crippen LogP contribution in [0.2, 0.25) is 0 Å². The fourth-order valence-electron chi connectivity index (χ4n) is 1.32. The number of aromatic nitrogens is 2. The molecule has 84 valence electrons. The minimum atomic E-state index is 0.0732. The first-order valence-corrected chi connectivity index (χ1v) is 5.13. The lowest BCUT2D eigenvalue weighted by molar-refractivity contribution is -0.121. The van der Waals surface area contributed by atoms with E-state index in [2.05, 4.69) is 15.7 Å².